The van der Waals surface area contributed by atoms with Crippen LogP contribution in [0.5, 0.6) is 0 Å². The SMILES string of the molecule is O=C(NC1CCCCC1)[C@H](Cc1ccccc1)N(Cc1ccc(Cl)cc1)C(=O)CCc1cccc2ccccc12. The summed E-state index contributed by atoms with van der Waals surface area (Å²) < 4.78 is 0. The fourth-order valence-corrected chi connectivity index (χ4v) is 5.91. The highest BCUT2D eigenvalue weighted by atomic mass is 35.5. The largest absolute Gasteiger partial charge is 0.352 e. The van der Waals surface area contributed by atoms with E-state index in [0.717, 1.165) is 47.8 Å². The Morgan fingerprint density at radius 2 is 1.50 bits per heavy atom. The van der Waals surface area contributed by atoms with Crippen molar-refractivity contribution in [3.05, 3.63) is 119 Å². The van der Waals surface area contributed by atoms with Crippen molar-refractivity contribution in [2.75, 3.05) is 0 Å². The van der Waals surface area contributed by atoms with Gasteiger partial charge in [0.05, 0.1) is 0 Å². The van der Waals surface area contributed by atoms with E-state index in [1.54, 1.807) is 4.90 Å². The predicted molar refractivity (Wildman–Crippen MR) is 163 cm³/mol. The van der Waals surface area contributed by atoms with Gasteiger partial charge in [-0.3, -0.25) is 9.59 Å². The van der Waals surface area contributed by atoms with Crippen molar-refractivity contribution < 1.29 is 9.59 Å². The molecule has 1 N–H and O–H groups in total. The topological polar surface area (TPSA) is 49.4 Å². The molecule has 1 aliphatic rings. The van der Waals surface area contributed by atoms with E-state index in [1.807, 2.05) is 72.8 Å². The third-order valence-corrected chi connectivity index (χ3v) is 8.23. The highest BCUT2D eigenvalue weighted by molar-refractivity contribution is 6.30. The van der Waals surface area contributed by atoms with Crippen LogP contribution in [0.15, 0.2) is 97.1 Å². The molecule has 40 heavy (non-hydrogen) atoms. The van der Waals surface area contributed by atoms with E-state index in [0.29, 0.717) is 30.8 Å². The molecule has 0 aliphatic heterocycles. The van der Waals surface area contributed by atoms with Crippen LogP contribution in [0, 0.1) is 0 Å². The summed E-state index contributed by atoms with van der Waals surface area (Å²) >= 11 is 6.16. The number of carbonyl (C=O) groups is 2. The van der Waals surface area contributed by atoms with E-state index in [4.69, 9.17) is 11.6 Å². The number of fused-ring (bicyclic) bond motifs is 1. The third kappa shape index (κ3) is 7.31. The number of nitrogens with one attached hydrogen (secondary N) is 1. The van der Waals surface area contributed by atoms with Crippen LogP contribution >= 0.6 is 11.6 Å². The average Bonchev–Trinajstić information content (AvgIpc) is 2.99. The number of rotatable bonds is 10. The third-order valence-electron chi connectivity index (χ3n) is 7.98. The number of amides is 2. The first-order chi connectivity index (χ1) is 19.6. The minimum absolute atomic E-state index is 0.0254. The average molecular weight is 553 g/mol. The molecule has 0 spiro atoms. The second-order valence-electron chi connectivity index (χ2n) is 10.8. The molecular weight excluding hydrogens is 516 g/mol. The number of benzene rings is 4. The number of hydrogen-bond donors (Lipinski definition) is 1. The molecule has 4 aromatic rings. The second-order valence-corrected chi connectivity index (χ2v) is 11.3. The Hall–Kier alpha value is -3.63. The van der Waals surface area contributed by atoms with Gasteiger partial charge >= 0.3 is 0 Å². The second kappa shape index (κ2) is 13.6. The Balaban J connectivity index is 1.43. The summed E-state index contributed by atoms with van der Waals surface area (Å²) in [4.78, 5) is 29.8. The number of nitrogens with zero attached hydrogens (tertiary/aromatic N) is 1. The van der Waals surface area contributed by atoms with Gasteiger partial charge in [0.1, 0.15) is 6.04 Å². The molecule has 1 aliphatic carbocycles. The standard InChI is InChI=1S/C35H37ClN2O2/c36-30-21-18-27(19-22-30)25-38(34(39)23-20-29-14-9-13-28-12-7-8-17-32(28)29)33(24-26-10-3-1-4-11-26)35(40)37-31-15-5-2-6-16-31/h1,3-4,7-14,17-19,21-22,31,33H,2,5-6,15-16,20,23-25H2,(H,37,40)/t33-/m0/s1. The first-order valence-corrected chi connectivity index (χ1v) is 14.8. The smallest absolute Gasteiger partial charge is 0.243 e. The predicted octanol–water partition coefficient (Wildman–Crippen LogP) is 7.51. The molecule has 2 amide bonds. The van der Waals surface area contributed by atoms with Gasteiger partial charge in [0.2, 0.25) is 11.8 Å². The molecule has 1 saturated carbocycles. The molecule has 0 aromatic heterocycles. The molecule has 5 rings (SSSR count). The molecular formula is C35H37ClN2O2. The van der Waals surface area contributed by atoms with Crippen LogP contribution in [-0.2, 0) is 29.0 Å². The maximum Gasteiger partial charge on any atom is 0.243 e. The lowest BCUT2D eigenvalue weighted by molar-refractivity contribution is -0.141. The highest BCUT2D eigenvalue weighted by Crippen LogP contribution is 2.23. The maximum absolute atomic E-state index is 14.1. The molecule has 206 valence electrons. The Labute approximate surface area is 242 Å². The molecule has 0 heterocycles. The summed E-state index contributed by atoms with van der Waals surface area (Å²) in [5, 5.41) is 6.29. The summed E-state index contributed by atoms with van der Waals surface area (Å²) in [5.74, 6) is -0.0918. The summed E-state index contributed by atoms with van der Waals surface area (Å²) in [7, 11) is 0. The Bertz CT molecular complexity index is 1410. The zero-order valence-corrected chi connectivity index (χ0v) is 23.7. The van der Waals surface area contributed by atoms with Crippen molar-refractivity contribution >= 4 is 34.2 Å². The molecule has 5 heteroatoms. The first kappa shape index (κ1) is 27.9. The van der Waals surface area contributed by atoms with Crippen molar-refractivity contribution in [2.24, 2.45) is 0 Å². The van der Waals surface area contributed by atoms with Crippen LogP contribution < -0.4 is 5.32 Å². The molecule has 0 saturated heterocycles. The van der Waals surface area contributed by atoms with E-state index >= 15 is 0 Å². The molecule has 0 bridgehead atoms. The van der Waals surface area contributed by atoms with Crippen molar-refractivity contribution in [2.45, 2.75) is 70.0 Å². The summed E-state index contributed by atoms with van der Waals surface area (Å²) in [6.45, 7) is 0.348. The van der Waals surface area contributed by atoms with Crippen LogP contribution in [0.25, 0.3) is 10.8 Å². The van der Waals surface area contributed by atoms with Crippen LogP contribution in [0.4, 0.5) is 0 Å². The van der Waals surface area contributed by atoms with Crippen molar-refractivity contribution in [3.63, 3.8) is 0 Å². The molecule has 0 radical (unpaired) electrons. The van der Waals surface area contributed by atoms with E-state index < -0.39 is 6.04 Å². The van der Waals surface area contributed by atoms with Crippen LogP contribution in [0.3, 0.4) is 0 Å². The van der Waals surface area contributed by atoms with Crippen molar-refractivity contribution in [3.8, 4) is 0 Å². The summed E-state index contributed by atoms with van der Waals surface area (Å²) in [6, 6.07) is 31.6. The highest BCUT2D eigenvalue weighted by Gasteiger charge is 2.31. The van der Waals surface area contributed by atoms with E-state index in [9.17, 15) is 9.59 Å². The molecule has 4 aromatic carbocycles. The van der Waals surface area contributed by atoms with Gasteiger partial charge in [-0.2, -0.15) is 0 Å². The van der Waals surface area contributed by atoms with Crippen molar-refractivity contribution in [1.29, 1.82) is 0 Å². The van der Waals surface area contributed by atoms with E-state index in [-0.39, 0.29) is 17.9 Å². The fourth-order valence-electron chi connectivity index (χ4n) is 5.78. The van der Waals surface area contributed by atoms with Gasteiger partial charge in [-0.05, 0) is 58.9 Å². The summed E-state index contributed by atoms with van der Waals surface area (Å²) in [5.41, 5.74) is 3.13. The normalized spacial score (nSPS) is 14.5. The number of carbonyl (C=O) groups excluding carboxylic acids is 2. The van der Waals surface area contributed by atoms with Gasteiger partial charge in [0.15, 0.2) is 0 Å². The zero-order chi connectivity index (χ0) is 27.7. The minimum Gasteiger partial charge on any atom is -0.352 e. The maximum atomic E-state index is 14.1. The van der Waals surface area contributed by atoms with E-state index in [1.165, 1.54) is 11.8 Å². The van der Waals surface area contributed by atoms with Crippen LogP contribution in [-0.4, -0.2) is 28.8 Å². The fraction of sp³-hybridized carbons (Fsp3) is 0.314. The minimum atomic E-state index is -0.611. The molecule has 1 atom stereocenters. The number of aryl methyl sites for hydroxylation is 1. The number of halogens is 1. The van der Waals surface area contributed by atoms with Gasteiger partial charge in [-0.15, -0.1) is 0 Å². The monoisotopic (exact) mass is 552 g/mol. The van der Waals surface area contributed by atoms with Gasteiger partial charge < -0.3 is 10.2 Å². The Morgan fingerprint density at radius 1 is 0.800 bits per heavy atom. The van der Waals surface area contributed by atoms with Gasteiger partial charge in [-0.25, -0.2) is 0 Å². The van der Waals surface area contributed by atoms with E-state index in [2.05, 4.69) is 29.6 Å². The first-order valence-electron chi connectivity index (χ1n) is 14.4. The Morgan fingerprint density at radius 3 is 2.27 bits per heavy atom. The lowest BCUT2D eigenvalue weighted by Gasteiger charge is -2.33. The van der Waals surface area contributed by atoms with Gasteiger partial charge in [0, 0.05) is 30.5 Å². The summed E-state index contributed by atoms with van der Waals surface area (Å²) in [6.07, 6.45) is 6.87. The van der Waals surface area contributed by atoms with Gasteiger partial charge in [0.25, 0.3) is 0 Å². The van der Waals surface area contributed by atoms with Crippen molar-refractivity contribution in [1.82, 2.24) is 10.2 Å². The molecule has 0 unspecified atom stereocenters. The number of hydrogen-bond acceptors (Lipinski definition) is 2. The lowest BCUT2D eigenvalue weighted by atomic mass is 9.94. The Kier molecular flexibility index (Phi) is 9.51. The van der Waals surface area contributed by atoms with Crippen LogP contribution in [0.1, 0.15) is 55.2 Å². The quantitative estimate of drug-likeness (QED) is 0.221. The molecule has 4 nitrogen and oxygen atoms in total. The lowest BCUT2D eigenvalue weighted by Crippen LogP contribution is -2.52. The van der Waals surface area contributed by atoms with Gasteiger partial charge in [-0.1, -0.05) is 116 Å². The molecule has 1 fully saturated rings. The zero-order valence-electron chi connectivity index (χ0n) is 22.9. The van der Waals surface area contributed by atoms with Crippen LogP contribution in [0.2, 0.25) is 5.02 Å².